The van der Waals surface area contributed by atoms with Gasteiger partial charge in [0.15, 0.2) is 5.78 Å². The van der Waals surface area contributed by atoms with Crippen LogP contribution in [0.15, 0.2) is 12.1 Å². The van der Waals surface area contributed by atoms with Crippen LogP contribution >= 0.6 is 8.69 Å². The zero-order valence-corrected chi connectivity index (χ0v) is 10.8. The average molecular weight is 238 g/mol. The maximum Gasteiger partial charge on any atom is 0.328 e. The molecule has 16 heavy (non-hydrogen) atoms. The fraction of sp³-hybridized carbons (Fsp3) is 0.417. The van der Waals surface area contributed by atoms with Gasteiger partial charge in [0.1, 0.15) is 6.10 Å². The van der Waals surface area contributed by atoms with Crippen molar-refractivity contribution in [3.8, 4) is 0 Å². The number of carbonyl (C=O) groups excluding carboxylic acids is 1. The number of Topliss-reactive ketones (excluding diaryl/α,β-unsaturated/α-hetero) is 1. The van der Waals surface area contributed by atoms with E-state index >= 15 is 0 Å². The molecule has 1 aromatic carbocycles. The predicted molar refractivity (Wildman–Crippen MR) is 63.1 cm³/mol. The highest BCUT2D eigenvalue weighted by atomic mass is 31.1. The maximum absolute atomic E-state index is 12.0. The van der Waals surface area contributed by atoms with Crippen molar-refractivity contribution in [2.24, 2.45) is 0 Å². The highest BCUT2D eigenvalue weighted by molar-refractivity contribution is 7.17. The Kier molecular flexibility index (Phi) is 4.34. The monoisotopic (exact) mass is 238 g/mol. The molecule has 0 aliphatic rings. The third-order valence-corrected chi connectivity index (χ3v) is 2.90. The minimum Gasteiger partial charge on any atom is -0.291 e. The van der Waals surface area contributed by atoms with Crippen molar-refractivity contribution in [2.75, 3.05) is 0 Å². The zero-order chi connectivity index (χ0) is 12.3. The Morgan fingerprint density at radius 2 is 1.75 bits per heavy atom. The molecule has 1 aromatic rings. The van der Waals surface area contributed by atoms with Crippen LogP contribution in [0.3, 0.4) is 0 Å². The van der Waals surface area contributed by atoms with Gasteiger partial charge in [0.2, 0.25) is 0 Å². The van der Waals surface area contributed by atoms with Crippen LogP contribution in [0.25, 0.3) is 0 Å². The van der Waals surface area contributed by atoms with Crippen molar-refractivity contribution in [1.29, 1.82) is 0 Å². The lowest BCUT2D eigenvalue weighted by Gasteiger charge is -2.13. The maximum atomic E-state index is 12.0. The van der Waals surface area contributed by atoms with Crippen LogP contribution in [0, 0.1) is 20.8 Å². The molecule has 0 saturated carbocycles. The lowest BCUT2D eigenvalue weighted by Crippen LogP contribution is -2.19. The molecule has 0 aromatic heterocycles. The molecule has 0 fully saturated rings. The van der Waals surface area contributed by atoms with Gasteiger partial charge in [-0.15, -0.1) is 0 Å². The molecule has 0 spiro atoms. The van der Waals surface area contributed by atoms with E-state index in [1.165, 1.54) is 0 Å². The third-order valence-electron chi connectivity index (χ3n) is 2.49. The fourth-order valence-electron chi connectivity index (χ4n) is 1.88. The molecule has 4 heteroatoms. The van der Waals surface area contributed by atoms with E-state index in [1.807, 2.05) is 32.9 Å². The number of hydrogen-bond acceptors (Lipinski definition) is 3. The Hall–Kier alpha value is -1.05. The average Bonchev–Trinajstić information content (AvgIpc) is 2.16. The molecule has 86 valence electrons. The molecule has 1 atom stereocenters. The summed E-state index contributed by atoms with van der Waals surface area (Å²) in [6.07, 6.45) is -0.681. The van der Waals surface area contributed by atoms with E-state index in [1.54, 1.807) is 6.92 Å². The molecule has 1 rings (SSSR count). The summed E-state index contributed by atoms with van der Waals surface area (Å²) < 4.78 is 15.1. The second kappa shape index (κ2) is 5.33. The molecule has 0 radical (unpaired) electrons. The summed E-state index contributed by atoms with van der Waals surface area (Å²) in [6, 6.07) is 3.92. The molecular formula is C12H15O3P. The smallest absolute Gasteiger partial charge is 0.291 e. The highest BCUT2D eigenvalue weighted by Gasteiger charge is 2.20. The van der Waals surface area contributed by atoms with Crippen LogP contribution in [0.4, 0.5) is 0 Å². The van der Waals surface area contributed by atoms with Gasteiger partial charge in [0, 0.05) is 5.56 Å². The first-order valence-corrected chi connectivity index (χ1v) is 5.81. The summed E-state index contributed by atoms with van der Waals surface area (Å²) in [6.45, 7) is 7.39. The van der Waals surface area contributed by atoms with Crippen molar-refractivity contribution >= 4 is 14.5 Å². The van der Waals surface area contributed by atoms with Gasteiger partial charge < -0.3 is 0 Å². The summed E-state index contributed by atoms with van der Waals surface area (Å²) in [5.74, 6) is -0.127. The highest BCUT2D eigenvalue weighted by Crippen LogP contribution is 2.20. The normalized spacial score (nSPS) is 12.8. The van der Waals surface area contributed by atoms with Gasteiger partial charge in [-0.1, -0.05) is 17.7 Å². The Balaban J connectivity index is 3.13. The summed E-state index contributed by atoms with van der Waals surface area (Å²) >= 11 is 0. The molecule has 0 bridgehead atoms. The molecule has 0 heterocycles. The Bertz CT molecular complexity index is 403. The van der Waals surface area contributed by atoms with Crippen LogP contribution in [-0.2, 0) is 9.09 Å². The first-order valence-electron chi connectivity index (χ1n) is 5.08. The third kappa shape index (κ3) is 2.75. The lowest BCUT2D eigenvalue weighted by atomic mass is 9.95. The molecule has 1 unspecified atom stereocenters. The van der Waals surface area contributed by atoms with Crippen molar-refractivity contribution < 1.29 is 13.9 Å². The number of benzene rings is 1. The molecule has 3 nitrogen and oxygen atoms in total. The fourth-order valence-corrected chi connectivity index (χ4v) is 2.11. The Morgan fingerprint density at radius 1 is 1.25 bits per heavy atom. The number of rotatable bonds is 4. The lowest BCUT2D eigenvalue weighted by molar-refractivity contribution is 0.0834. The van der Waals surface area contributed by atoms with E-state index in [0.717, 1.165) is 16.7 Å². The van der Waals surface area contributed by atoms with Crippen LogP contribution in [-0.4, -0.2) is 11.9 Å². The van der Waals surface area contributed by atoms with E-state index in [-0.39, 0.29) is 5.78 Å². The van der Waals surface area contributed by atoms with Crippen molar-refractivity contribution in [1.82, 2.24) is 0 Å². The molecule has 0 aliphatic heterocycles. The van der Waals surface area contributed by atoms with Gasteiger partial charge in [-0.3, -0.25) is 9.32 Å². The number of hydrogen-bond donors (Lipinski definition) is 0. The second-order valence-electron chi connectivity index (χ2n) is 3.96. The van der Waals surface area contributed by atoms with Crippen molar-refractivity contribution in [3.05, 3.63) is 34.4 Å². The van der Waals surface area contributed by atoms with Gasteiger partial charge in [0.25, 0.3) is 0 Å². The Morgan fingerprint density at radius 3 is 2.19 bits per heavy atom. The van der Waals surface area contributed by atoms with Gasteiger partial charge in [0.05, 0.1) is 0 Å². The quantitative estimate of drug-likeness (QED) is 0.596. The number of ketones is 1. The summed E-state index contributed by atoms with van der Waals surface area (Å²) in [5.41, 5.74) is 3.66. The number of carbonyl (C=O) groups is 1. The van der Waals surface area contributed by atoms with E-state index in [4.69, 9.17) is 4.52 Å². The topological polar surface area (TPSA) is 43.4 Å². The minimum atomic E-state index is -0.681. The van der Waals surface area contributed by atoms with Crippen LogP contribution in [0.5, 0.6) is 0 Å². The summed E-state index contributed by atoms with van der Waals surface area (Å²) in [7, 11) is -0.464. The van der Waals surface area contributed by atoms with E-state index in [9.17, 15) is 9.36 Å². The summed E-state index contributed by atoms with van der Waals surface area (Å²) in [4.78, 5) is 12.0. The van der Waals surface area contributed by atoms with Crippen molar-refractivity contribution in [3.63, 3.8) is 0 Å². The van der Waals surface area contributed by atoms with E-state index < -0.39 is 14.8 Å². The second-order valence-corrected chi connectivity index (χ2v) is 4.32. The Labute approximate surface area is 97.1 Å². The minimum absolute atomic E-state index is 0.127. The van der Waals surface area contributed by atoms with Crippen LogP contribution < -0.4 is 0 Å². The van der Waals surface area contributed by atoms with Gasteiger partial charge in [-0.25, -0.2) is 4.57 Å². The standard InChI is InChI=1S/C12H15O3P/c1-7-5-8(2)11(9(3)6-7)12(13)10(4)15-16-14/h5-6,10H,1-4H3. The molecule has 0 N–H and O–H groups in total. The molecule has 0 aliphatic carbocycles. The van der Waals surface area contributed by atoms with E-state index in [0.29, 0.717) is 5.56 Å². The van der Waals surface area contributed by atoms with Gasteiger partial charge in [-0.2, -0.15) is 0 Å². The van der Waals surface area contributed by atoms with E-state index in [2.05, 4.69) is 0 Å². The first kappa shape index (κ1) is 13.0. The molecule has 0 amide bonds. The number of aryl methyl sites for hydroxylation is 3. The van der Waals surface area contributed by atoms with Gasteiger partial charge in [-0.05, 0) is 38.8 Å². The first-order chi connectivity index (χ1) is 7.47. The largest absolute Gasteiger partial charge is 0.328 e. The predicted octanol–water partition coefficient (Wildman–Crippen LogP) is 3.41. The molecular weight excluding hydrogens is 223 g/mol. The SMILES string of the molecule is Cc1cc(C)c(C(=O)C(C)OP=O)c(C)c1. The molecule has 0 saturated heterocycles. The van der Waals surface area contributed by atoms with Gasteiger partial charge >= 0.3 is 8.69 Å². The zero-order valence-electron chi connectivity index (χ0n) is 9.90. The van der Waals surface area contributed by atoms with Crippen molar-refractivity contribution in [2.45, 2.75) is 33.8 Å². The van der Waals surface area contributed by atoms with Crippen LogP contribution in [0.1, 0.15) is 34.0 Å². The van der Waals surface area contributed by atoms with Crippen LogP contribution in [0.2, 0.25) is 0 Å². The summed E-state index contributed by atoms with van der Waals surface area (Å²) in [5, 5.41) is 0.